The van der Waals surface area contributed by atoms with Crippen molar-refractivity contribution in [2.24, 2.45) is 0 Å². The number of aromatic amines is 1. The van der Waals surface area contributed by atoms with Crippen LogP contribution in [0.25, 0.3) is 11.0 Å². The molecule has 0 radical (unpaired) electrons. The third-order valence-electron chi connectivity index (χ3n) is 5.27. The Morgan fingerprint density at radius 1 is 0.900 bits per heavy atom. The molecule has 2 aromatic carbocycles. The Balaban J connectivity index is 1.19. The molecule has 1 N–H and O–H groups in total. The summed E-state index contributed by atoms with van der Waals surface area (Å²) in [5, 5.41) is 8.07. The second-order valence-corrected chi connectivity index (χ2v) is 8.01. The molecule has 1 fully saturated rings. The monoisotopic (exact) mass is 464 g/mol. The predicted molar refractivity (Wildman–Crippen MR) is 120 cm³/mol. The van der Waals surface area contributed by atoms with E-state index in [1.807, 2.05) is 42.5 Å². The minimum Gasteiger partial charge on any atom is -0.457 e. The number of hydrogen-bond donors (Lipinski definition) is 1. The smallest absolute Gasteiger partial charge is 0.161 e. The molecule has 0 saturated carbocycles. The maximum Gasteiger partial charge on any atom is 0.161 e. The number of nitrogens with zero attached hydrogens (tertiary/aromatic N) is 5. The van der Waals surface area contributed by atoms with Crippen LogP contribution in [0.15, 0.2) is 65.5 Å². The minimum atomic E-state index is 0.757. The molecular weight excluding hydrogens is 444 g/mol. The van der Waals surface area contributed by atoms with Gasteiger partial charge in [0, 0.05) is 32.7 Å². The predicted octanol–water partition coefficient (Wildman–Crippen LogP) is 4.23. The Hall–Kier alpha value is -2.97. The maximum absolute atomic E-state index is 5.88. The number of para-hydroxylation sites is 1. The van der Waals surface area contributed by atoms with Crippen LogP contribution < -0.4 is 9.64 Å². The summed E-state index contributed by atoms with van der Waals surface area (Å²) in [7, 11) is 0. The van der Waals surface area contributed by atoms with Crippen LogP contribution in [0.1, 0.15) is 5.56 Å². The van der Waals surface area contributed by atoms with Gasteiger partial charge in [0.15, 0.2) is 5.65 Å². The van der Waals surface area contributed by atoms with Crippen molar-refractivity contribution in [1.82, 2.24) is 25.1 Å². The van der Waals surface area contributed by atoms with E-state index in [1.165, 1.54) is 5.56 Å². The average Bonchev–Trinajstić information content (AvgIpc) is 3.18. The van der Waals surface area contributed by atoms with Crippen LogP contribution in [-0.2, 0) is 6.54 Å². The lowest BCUT2D eigenvalue weighted by Gasteiger charge is -2.35. The number of fused-ring (bicyclic) bond motifs is 1. The number of piperazine rings is 1. The van der Waals surface area contributed by atoms with Gasteiger partial charge in [0.05, 0.1) is 5.39 Å². The minimum absolute atomic E-state index is 0.757. The highest BCUT2D eigenvalue weighted by Gasteiger charge is 2.22. The molecule has 152 valence electrons. The lowest BCUT2D eigenvalue weighted by molar-refractivity contribution is 0.249. The van der Waals surface area contributed by atoms with Crippen molar-refractivity contribution in [2.75, 3.05) is 31.1 Å². The zero-order valence-corrected chi connectivity index (χ0v) is 17.9. The summed E-state index contributed by atoms with van der Waals surface area (Å²) < 4.78 is 6.64. The number of benzene rings is 2. The Bertz CT molecular complexity index is 1120. The summed E-state index contributed by atoms with van der Waals surface area (Å²) in [5.41, 5.74) is 2.04. The highest BCUT2D eigenvalue weighted by Crippen LogP contribution is 2.29. The Labute approximate surface area is 182 Å². The van der Waals surface area contributed by atoms with Gasteiger partial charge >= 0.3 is 0 Å². The van der Waals surface area contributed by atoms with Gasteiger partial charge in [0.1, 0.15) is 28.2 Å². The van der Waals surface area contributed by atoms with Gasteiger partial charge < -0.3 is 9.64 Å². The molecule has 3 heterocycles. The summed E-state index contributed by atoms with van der Waals surface area (Å²) in [6, 6.07) is 18.2. The van der Waals surface area contributed by atoms with Gasteiger partial charge in [-0.2, -0.15) is 5.10 Å². The van der Waals surface area contributed by atoms with E-state index in [2.05, 4.69) is 58.0 Å². The summed E-state index contributed by atoms with van der Waals surface area (Å²) in [6.07, 6.45) is 1.59. The van der Waals surface area contributed by atoms with Crippen molar-refractivity contribution in [2.45, 2.75) is 6.54 Å². The largest absolute Gasteiger partial charge is 0.457 e. The molecule has 1 saturated heterocycles. The molecule has 1 aliphatic rings. The van der Waals surface area contributed by atoms with Crippen molar-refractivity contribution in [1.29, 1.82) is 0 Å². The van der Waals surface area contributed by atoms with E-state index in [0.29, 0.717) is 0 Å². The van der Waals surface area contributed by atoms with Gasteiger partial charge in [0.2, 0.25) is 0 Å². The van der Waals surface area contributed by atoms with E-state index in [1.54, 1.807) is 6.33 Å². The number of halogens is 1. The average molecular weight is 465 g/mol. The van der Waals surface area contributed by atoms with Crippen LogP contribution in [0.2, 0.25) is 0 Å². The fourth-order valence-corrected chi connectivity index (χ4v) is 4.17. The van der Waals surface area contributed by atoms with Crippen LogP contribution in [0.5, 0.6) is 11.5 Å². The number of aromatic nitrogens is 4. The van der Waals surface area contributed by atoms with Crippen molar-refractivity contribution in [3.05, 3.63) is 71.1 Å². The highest BCUT2D eigenvalue weighted by atomic mass is 79.9. The summed E-state index contributed by atoms with van der Waals surface area (Å²) >= 11 is 3.50. The van der Waals surface area contributed by atoms with E-state index in [9.17, 15) is 0 Å². The first kappa shape index (κ1) is 19.0. The van der Waals surface area contributed by atoms with Gasteiger partial charge in [-0.05, 0) is 45.8 Å². The zero-order valence-electron chi connectivity index (χ0n) is 16.3. The van der Waals surface area contributed by atoms with Crippen LogP contribution in [-0.4, -0.2) is 51.2 Å². The van der Waals surface area contributed by atoms with E-state index in [4.69, 9.17) is 4.74 Å². The first-order valence-corrected chi connectivity index (χ1v) is 10.7. The molecule has 0 bridgehead atoms. The van der Waals surface area contributed by atoms with E-state index in [-0.39, 0.29) is 0 Å². The molecule has 1 aliphatic heterocycles. The first-order chi connectivity index (χ1) is 14.8. The first-order valence-electron chi connectivity index (χ1n) is 9.90. The lowest BCUT2D eigenvalue weighted by Crippen LogP contribution is -2.46. The number of ether oxygens (including phenoxy) is 1. The fraction of sp³-hybridized carbons (Fsp3) is 0.227. The highest BCUT2D eigenvalue weighted by molar-refractivity contribution is 9.10. The number of rotatable bonds is 5. The number of hydrogen-bond acceptors (Lipinski definition) is 6. The van der Waals surface area contributed by atoms with Crippen molar-refractivity contribution in [3.63, 3.8) is 0 Å². The van der Waals surface area contributed by atoms with Crippen molar-refractivity contribution < 1.29 is 4.74 Å². The Morgan fingerprint density at radius 2 is 1.63 bits per heavy atom. The van der Waals surface area contributed by atoms with Gasteiger partial charge in [-0.15, -0.1) is 0 Å². The molecule has 0 spiro atoms. The third kappa shape index (κ3) is 4.01. The summed E-state index contributed by atoms with van der Waals surface area (Å²) in [4.78, 5) is 13.5. The SMILES string of the molecule is Brc1n[nH]c2ncnc(N3CCN(Cc4ccc(Oc5ccccc5)cc4)CC3)c12. The molecule has 2 aromatic heterocycles. The third-order valence-corrected chi connectivity index (χ3v) is 5.85. The van der Waals surface area contributed by atoms with Crippen molar-refractivity contribution >= 4 is 32.8 Å². The Morgan fingerprint density at radius 3 is 2.40 bits per heavy atom. The van der Waals surface area contributed by atoms with Crippen LogP contribution in [0, 0.1) is 0 Å². The number of H-pyrrole nitrogens is 1. The van der Waals surface area contributed by atoms with Crippen molar-refractivity contribution in [3.8, 4) is 11.5 Å². The Kier molecular flexibility index (Phi) is 5.33. The molecule has 0 amide bonds. The molecular formula is C22H21BrN6O. The normalized spacial score (nSPS) is 14.9. The van der Waals surface area contributed by atoms with Gasteiger partial charge in [-0.25, -0.2) is 9.97 Å². The molecule has 0 atom stereocenters. The van der Waals surface area contributed by atoms with E-state index >= 15 is 0 Å². The van der Waals surface area contributed by atoms with E-state index < -0.39 is 0 Å². The van der Waals surface area contributed by atoms with E-state index in [0.717, 1.165) is 65.7 Å². The molecule has 5 rings (SSSR count). The fourth-order valence-electron chi connectivity index (χ4n) is 3.71. The molecule has 4 aromatic rings. The molecule has 0 unspecified atom stereocenters. The zero-order chi connectivity index (χ0) is 20.3. The second kappa shape index (κ2) is 8.41. The number of nitrogens with one attached hydrogen (secondary N) is 1. The quantitative estimate of drug-likeness (QED) is 0.476. The molecule has 0 aliphatic carbocycles. The van der Waals surface area contributed by atoms with Gasteiger partial charge in [-0.3, -0.25) is 10.00 Å². The van der Waals surface area contributed by atoms with Crippen LogP contribution >= 0.6 is 15.9 Å². The van der Waals surface area contributed by atoms with Crippen LogP contribution in [0.4, 0.5) is 5.82 Å². The summed E-state index contributed by atoms with van der Waals surface area (Å²) in [5.74, 6) is 2.64. The lowest BCUT2D eigenvalue weighted by atomic mass is 10.2. The van der Waals surface area contributed by atoms with Crippen LogP contribution in [0.3, 0.4) is 0 Å². The standard InChI is InChI=1S/C22H21BrN6O/c23-20-19-21(27-26-20)24-15-25-22(19)29-12-10-28(11-13-29)14-16-6-8-18(9-7-16)30-17-4-2-1-3-5-17/h1-9,15H,10-14H2,(H,24,25,26,27). The second-order valence-electron chi connectivity index (χ2n) is 7.26. The molecule has 30 heavy (non-hydrogen) atoms. The van der Waals surface area contributed by atoms with Gasteiger partial charge in [-0.1, -0.05) is 30.3 Å². The molecule has 7 nitrogen and oxygen atoms in total. The topological polar surface area (TPSA) is 70.2 Å². The molecule has 8 heteroatoms. The maximum atomic E-state index is 5.88. The summed E-state index contributed by atoms with van der Waals surface area (Å²) in [6.45, 7) is 4.71. The van der Waals surface area contributed by atoms with Gasteiger partial charge in [0.25, 0.3) is 0 Å². The number of anilines is 1.